The summed E-state index contributed by atoms with van der Waals surface area (Å²) in [5.41, 5.74) is -0.781. The molecule has 0 aliphatic heterocycles. The number of carbonyl (C=O) groups is 1. The van der Waals surface area contributed by atoms with Crippen molar-refractivity contribution in [2.75, 3.05) is 0 Å². The molecule has 2 fully saturated rings. The van der Waals surface area contributed by atoms with E-state index in [0.29, 0.717) is 12.3 Å². The number of rotatable bonds is 5. The molecule has 0 atom stereocenters. The summed E-state index contributed by atoms with van der Waals surface area (Å²) in [5, 5.41) is 3.06. The Labute approximate surface area is 138 Å². The summed E-state index contributed by atoms with van der Waals surface area (Å²) in [6.07, 6.45) is 2.46. The number of amides is 1. The number of halogens is 3. The third-order valence-corrected chi connectivity index (χ3v) is 4.56. The lowest BCUT2D eigenvalue weighted by molar-refractivity contribution is -0.137. The Kier molecular flexibility index (Phi) is 4.96. The third kappa shape index (κ3) is 4.85. The van der Waals surface area contributed by atoms with Crippen LogP contribution in [-0.2, 0) is 11.0 Å². The molecule has 4 nitrogen and oxygen atoms in total. The number of alkyl halides is 3. The lowest BCUT2D eigenvalue weighted by atomic mass is 9.93. The van der Waals surface area contributed by atoms with E-state index in [4.69, 9.17) is 4.74 Å². The van der Waals surface area contributed by atoms with Gasteiger partial charge in [-0.1, -0.05) is 0 Å². The molecule has 2 aliphatic rings. The molecule has 0 aromatic carbocycles. The minimum atomic E-state index is -4.39. The van der Waals surface area contributed by atoms with Gasteiger partial charge in [0.1, 0.15) is 6.10 Å². The minimum absolute atomic E-state index is 0.0641. The van der Waals surface area contributed by atoms with Crippen molar-refractivity contribution in [1.82, 2.24) is 10.3 Å². The zero-order valence-electron chi connectivity index (χ0n) is 13.3. The first-order valence-electron chi connectivity index (χ1n) is 8.39. The Morgan fingerprint density at radius 1 is 1.17 bits per heavy atom. The molecule has 0 saturated heterocycles. The molecular weight excluding hydrogens is 321 g/mol. The van der Waals surface area contributed by atoms with Gasteiger partial charge >= 0.3 is 6.18 Å². The largest absolute Gasteiger partial charge is 0.474 e. The van der Waals surface area contributed by atoms with Gasteiger partial charge in [-0.3, -0.25) is 4.79 Å². The molecule has 0 spiro atoms. The van der Waals surface area contributed by atoms with Gasteiger partial charge in [0.15, 0.2) is 0 Å². The highest BCUT2D eigenvalue weighted by molar-refractivity contribution is 5.76. The summed E-state index contributed by atoms with van der Waals surface area (Å²) in [5.74, 6) is 0.922. The van der Waals surface area contributed by atoms with Crippen LogP contribution in [0.1, 0.15) is 50.5 Å². The standard InChI is InChI=1S/C17H21F3N2O2/c18-17(19,20)12-3-8-16(21-10-12)24-14-6-4-13(5-7-14)22-15(23)9-11-1-2-11/h3,8,10-11,13-14H,1-2,4-7,9H2,(H,22,23). The predicted octanol–water partition coefficient (Wildman–Crippen LogP) is 3.71. The van der Waals surface area contributed by atoms with Crippen molar-refractivity contribution in [3.8, 4) is 5.88 Å². The first-order chi connectivity index (χ1) is 11.4. The highest BCUT2D eigenvalue weighted by atomic mass is 19.4. The quantitative estimate of drug-likeness (QED) is 0.887. The average molecular weight is 342 g/mol. The van der Waals surface area contributed by atoms with Crippen LogP contribution in [0.15, 0.2) is 18.3 Å². The van der Waals surface area contributed by atoms with E-state index in [1.54, 1.807) is 0 Å². The molecule has 2 aliphatic carbocycles. The molecule has 3 rings (SSSR count). The fraction of sp³-hybridized carbons (Fsp3) is 0.647. The van der Waals surface area contributed by atoms with E-state index in [-0.39, 0.29) is 23.9 Å². The third-order valence-electron chi connectivity index (χ3n) is 4.56. The molecule has 1 N–H and O–H groups in total. The zero-order chi connectivity index (χ0) is 17.2. The summed E-state index contributed by atoms with van der Waals surface area (Å²) < 4.78 is 43.1. The van der Waals surface area contributed by atoms with Gasteiger partial charge in [-0.2, -0.15) is 13.2 Å². The number of hydrogen-bond acceptors (Lipinski definition) is 3. The van der Waals surface area contributed by atoms with Crippen molar-refractivity contribution in [3.63, 3.8) is 0 Å². The van der Waals surface area contributed by atoms with Gasteiger partial charge in [0.05, 0.1) is 5.56 Å². The molecule has 0 radical (unpaired) electrons. The van der Waals surface area contributed by atoms with Gasteiger partial charge in [-0.25, -0.2) is 4.98 Å². The topological polar surface area (TPSA) is 51.2 Å². The number of carbonyl (C=O) groups excluding carboxylic acids is 1. The molecule has 132 valence electrons. The Bertz CT molecular complexity index is 562. The molecule has 1 aromatic heterocycles. The van der Waals surface area contributed by atoms with Gasteiger partial charge in [0.2, 0.25) is 11.8 Å². The highest BCUT2D eigenvalue weighted by Gasteiger charge is 2.31. The molecule has 0 bridgehead atoms. The van der Waals surface area contributed by atoms with Crippen LogP contribution in [0.2, 0.25) is 0 Å². The molecule has 1 aromatic rings. The monoisotopic (exact) mass is 342 g/mol. The van der Waals surface area contributed by atoms with Crippen LogP contribution >= 0.6 is 0 Å². The van der Waals surface area contributed by atoms with E-state index in [1.807, 2.05) is 0 Å². The number of hydrogen-bond donors (Lipinski definition) is 1. The van der Waals surface area contributed by atoms with Crippen molar-refractivity contribution in [2.24, 2.45) is 5.92 Å². The van der Waals surface area contributed by atoms with Crippen molar-refractivity contribution >= 4 is 5.91 Å². The fourth-order valence-corrected chi connectivity index (χ4v) is 2.98. The van der Waals surface area contributed by atoms with Crippen molar-refractivity contribution < 1.29 is 22.7 Å². The maximum Gasteiger partial charge on any atom is 0.417 e. The Morgan fingerprint density at radius 2 is 1.88 bits per heavy atom. The van der Waals surface area contributed by atoms with Crippen LogP contribution in [0, 0.1) is 5.92 Å². The summed E-state index contributed by atoms with van der Waals surface area (Å²) in [6, 6.07) is 2.41. The van der Waals surface area contributed by atoms with Gasteiger partial charge in [0.25, 0.3) is 0 Å². The molecule has 0 unspecified atom stereocenters. The predicted molar refractivity (Wildman–Crippen MR) is 81.4 cm³/mol. The van der Waals surface area contributed by atoms with E-state index >= 15 is 0 Å². The Morgan fingerprint density at radius 3 is 2.42 bits per heavy atom. The Balaban J connectivity index is 1.42. The van der Waals surface area contributed by atoms with Gasteiger partial charge in [-0.15, -0.1) is 0 Å². The van der Waals surface area contributed by atoms with E-state index < -0.39 is 11.7 Å². The number of nitrogens with one attached hydrogen (secondary N) is 1. The normalized spacial score (nSPS) is 24.5. The molecule has 1 amide bonds. The Hall–Kier alpha value is -1.79. The number of ether oxygens (including phenoxy) is 1. The number of aromatic nitrogens is 1. The highest BCUT2D eigenvalue weighted by Crippen LogP contribution is 2.32. The first kappa shape index (κ1) is 17.0. The van der Waals surface area contributed by atoms with E-state index in [1.165, 1.54) is 6.07 Å². The van der Waals surface area contributed by atoms with Crippen molar-refractivity contribution in [2.45, 2.75) is 63.3 Å². The molecule has 7 heteroatoms. The SMILES string of the molecule is O=C(CC1CC1)NC1CCC(Oc2ccc(C(F)(F)F)cn2)CC1. The summed E-state index contributed by atoms with van der Waals surface area (Å²) in [4.78, 5) is 15.5. The maximum absolute atomic E-state index is 12.5. The van der Waals surface area contributed by atoms with Crippen LogP contribution in [0.25, 0.3) is 0 Å². The number of pyridine rings is 1. The second kappa shape index (κ2) is 6.99. The van der Waals surface area contributed by atoms with Gasteiger partial charge in [0, 0.05) is 24.7 Å². The fourth-order valence-electron chi connectivity index (χ4n) is 2.98. The van der Waals surface area contributed by atoms with Crippen LogP contribution < -0.4 is 10.1 Å². The van der Waals surface area contributed by atoms with E-state index in [9.17, 15) is 18.0 Å². The molecule has 1 heterocycles. The summed E-state index contributed by atoms with van der Waals surface area (Å²) in [7, 11) is 0. The summed E-state index contributed by atoms with van der Waals surface area (Å²) >= 11 is 0. The van der Waals surface area contributed by atoms with Crippen LogP contribution in [-0.4, -0.2) is 23.0 Å². The van der Waals surface area contributed by atoms with Crippen LogP contribution in [0.4, 0.5) is 13.2 Å². The second-order valence-electron chi connectivity index (χ2n) is 6.69. The van der Waals surface area contributed by atoms with Gasteiger partial charge in [-0.05, 0) is 50.5 Å². The maximum atomic E-state index is 12.5. The van der Waals surface area contributed by atoms with Crippen LogP contribution in [0.5, 0.6) is 5.88 Å². The second-order valence-corrected chi connectivity index (χ2v) is 6.69. The molecule has 24 heavy (non-hydrogen) atoms. The average Bonchev–Trinajstić information content (AvgIpc) is 3.33. The first-order valence-corrected chi connectivity index (χ1v) is 8.39. The molecule has 2 saturated carbocycles. The van der Waals surface area contributed by atoms with Gasteiger partial charge < -0.3 is 10.1 Å². The van der Waals surface area contributed by atoms with Crippen molar-refractivity contribution in [1.29, 1.82) is 0 Å². The number of nitrogens with zero attached hydrogens (tertiary/aromatic N) is 1. The van der Waals surface area contributed by atoms with E-state index in [0.717, 1.165) is 50.8 Å². The summed E-state index contributed by atoms with van der Waals surface area (Å²) in [6.45, 7) is 0. The smallest absolute Gasteiger partial charge is 0.417 e. The lowest BCUT2D eigenvalue weighted by Gasteiger charge is -2.29. The van der Waals surface area contributed by atoms with Crippen molar-refractivity contribution in [3.05, 3.63) is 23.9 Å². The van der Waals surface area contributed by atoms with Crippen LogP contribution in [0.3, 0.4) is 0 Å². The lowest BCUT2D eigenvalue weighted by Crippen LogP contribution is -2.39. The zero-order valence-corrected chi connectivity index (χ0v) is 13.3. The van der Waals surface area contributed by atoms with E-state index in [2.05, 4.69) is 10.3 Å². The minimum Gasteiger partial charge on any atom is -0.474 e. The molecular formula is C17H21F3N2O2.